The quantitative estimate of drug-likeness (QED) is 0.108. The van der Waals surface area contributed by atoms with Crippen molar-refractivity contribution in [2.24, 2.45) is 0 Å². The molecular weight excluding hydrogens is 1040 g/mol. The summed E-state index contributed by atoms with van der Waals surface area (Å²) in [6.45, 7) is 0. The van der Waals surface area contributed by atoms with Gasteiger partial charge in [0.25, 0.3) is 0 Å². The van der Waals surface area contributed by atoms with Crippen LogP contribution < -0.4 is 0 Å². The van der Waals surface area contributed by atoms with E-state index in [-0.39, 0.29) is 20.1 Å². The van der Waals surface area contributed by atoms with Gasteiger partial charge in [-0.25, -0.2) is 0 Å². The van der Waals surface area contributed by atoms with Crippen molar-refractivity contribution < 1.29 is 33.3 Å². The summed E-state index contributed by atoms with van der Waals surface area (Å²) in [6, 6.07) is 72.5. The fourth-order valence-electron chi connectivity index (χ4n) is 8.65. The normalized spacial score (nSPS) is 11.2. The Morgan fingerprint density at radius 1 is 0.348 bits per heavy atom. The van der Waals surface area contributed by atoms with E-state index in [1.807, 2.05) is 116 Å². The summed E-state index contributed by atoms with van der Waals surface area (Å²) in [5, 5.41) is 0. The van der Waals surface area contributed by atoms with E-state index in [4.69, 9.17) is 15.0 Å². The molecule has 3 nitrogen and oxygen atoms in total. The van der Waals surface area contributed by atoms with Crippen molar-refractivity contribution in [3.8, 4) is 78.3 Å². The van der Waals surface area contributed by atoms with Crippen LogP contribution in [-0.2, 0) is 52.0 Å². The smallest absolute Gasteiger partial charge is 0.304 e. The predicted molar refractivity (Wildman–Crippen MR) is 267 cm³/mol. The first-order valence-electron chi connectivity index (χ1n) is 22.6. The summed E-state index contributed by atoms with van der Waals surface area (Å²) < 4.78 is 41.0. The standard InChI is InChI=1S/C62H43F3N3.Ir/c63-62(64,65)54-20-12-19-52(38-54)47-29-31-48(32-30-47)57-39-61(51-17-8-3-9-18-51)68-42-58(57)56-22-11-10-21-55(56)53-36-45(25-23-43-27-33-59(66-40-43)49-13-4-1-5-14-49)35-46(37-53)26-24-44-28-34-60(67-41-44)50-15-6-2-7-16-50;/h1-13,15,17,19-22,27-42H,23-26H2;/q-3;+3. The number of benzene rings is 7. The van der Waals surface area contributed by atoms with Crippen molar-refractivity contribution in [2.75, 3.05) is 0 Å². The Kier molecular flexibility index (Phi) is 14.3. The van der Waals surface area contributed by atoms with Crippen molar-refractivity contribution in [2.45, 2.75) is 31.9 Å². The fraction of sp³-hybridized carbons (Fsp3) is 0.0806. The Bertz CT molecular complexity index is 3180. The molecule has 3 aromatic heterocycles. The zero-order chi connectivity index (χ0) is 46.3. The number of hydrogen-bond donors (Lipinski definition) is 0. The summed E-state index contributed by atoms with van der Waals surface area (Å²) in [6.07, 6.45) is 4.72. The minimum absolute atomic E-state index is 0. The van der Waals surface area contributed by atoms with Gasteiger partial charge in [-0.05, 0) is 116 Å². The van der Waals surface area contributed by atoms with E-state index in [9.17, 15) is 13.2 Å². The molecule has 7 heteroatoms. The molecule has 0 N–H and O–H groups in total. The van der Waals surface area contributed by atoms with Gasteiger partial charge in [-0.15, -0.1) is 108 Å². The van der Waals surface area contributed by atoms with Crippen molar-refractivity contribution in [1.29, 1.82) is 0 Å². The number of pyridine rings is 3. The Labute approximate surface area is 414 Å². The summed E-state index contributed by atoms with van der Waals surface area (Å²) in [4.78, 5) is 14.6. The van der Waals surface area contributed by atoms with Gasteiger partial charge in [0.05, 0.1) is 5.56 Å². The molecule has 3 heterocycles. The second-order valence-corrected chi connectivity index (χ2v) is 16.8. The van der Waals surface area contributed by atoms with E-state index in [1.54, 1.807) is 6.07 Å². The molecule has 0 spiro atoms. The van der Waals surface area contributed by atoms with Gasteiger partial charge >= 0.3 is 26.3 Å². The maximum atomic E-state index is 13.7. The second kappa shape index (κ2) is 21.2. The van der Waals surface area contributed by atoms with Crippen LogP contribution >= 0.6 is 0 Å². The SMILES string of the molecule is FC(F)(F)c1cccc(-c2ccc(-c3cc(-c4[c-]cccc4)ncc3-c3ccccc3-c3cc(CCc4ccc(-c5[c-]cccc5)nc4)cc(CCc4ccc(-c5[c-]cccc5)nc4)c3)cc2)c1.[Ir+3]. The first-order chi connectivity index (χ1) is 33.3. The summed E-state index contributed by atoms with van der Waals surface area (Å²) in [5.74, 6) is 0. The Morgan fingerprint density at radius 2 is 0.855 bits per heavy atom. The fourth-order valence-corrected chi connectivity index (χ4v) is 8.65. The zero-order valence-corrected chi connectivity index (χ0v) is 39.7. The van der Waals surface area contributed by atoms with Crippen LogP contribution in [0.25, 0.3) is 78.3 Å². The Morgan fingerprint density at radius 3 is 1.38 bits per heavy atom. The van der Waals surface area contributed by atoms with Gasteiger partial charge in [0.1, 0.15) is 0 Å². The van der Waals surface area contributed by atoms with Crippen LogP contribution in [0.3, 0.4) is 0 Å². The topological polar surface area (TPSA) is 38.7 Å². The molecule has 10 rings (SSSR count). The first-order valence-corrected chi connectivity index (χ1v) is 22.6. The van der Waals surface area contributed by atoms with Gasteiger partial charge in [0.2, 0.25) is 0 Å². The van der Waals surface area contributed by atoms with Gasteiger partial charge in [-0.1, -0.05) is 109 Å². The van der Waals surface area contributed by atoms with Crippen LogP contribution in [0.2, 0.25) is 0 Å². The van der Waals surface area contributed by atoms with Crippen molar-refractivity contribution in [3.63, 3.8) is 0 Å². The van der Waals surface area contributed by atoms with Crippen LogP contribution in [0.15, 0.2) is 213 Å². The molecule has 0 saturated heterocycles. The van der Waals surface area contributed by atoms with Crippen LogP contribution in [0.4, 0.5) is 13.2 Å². The van der Waals surface area contributed by atoms with E-state index < -0.39 is 11.7 Å². The van der Waals surface area contributed by atoms with Gasteiger partial charge in [-0.3, -0.25) is 0 Å². The molecule has 0 aliphatic rings. The molecule has 0 bridgehead atoms. The number of rotatable bonds is 13. The minimum Gasteiger partial charge on any atom is -0.304 e. The maximum Gasteiger partial charge on any atom is 3.00 e. The predicted octanol–water partition coefficient (Wildman–Crippen LogP) is 15.5. The number of hydrogen-bond acceptors (Lipinski definition) is 3. The second-order valence-electron chi connectivity index (χ2n) is 16.8. The Hall–Kier alpha value is -7.57. The molecule has 0 amide bonds. The third-order valence-electron chi connectivity index (χ3n) is 12.2. The largest absolute Gasteiger partial charge is 3.00 e. The molecule has 10 aromatic rings. The molecule has 7 aromatic carbocycles. The zero-order valence-electron chi connectivity index (χ0n) is 37.3. The van der Waals surface area contributed by atoms with E-state index >= 15 is 0 Å². The first kappa shape index (κ1) is 46.5. The number of alkyl halides is 3. The molecule has 0 aliphatic carbocycles. The van der Waals surface area contributed by atoms with Gasteiger partial charge in [0.15, 0.2) is 0 Å². The van der Waals surface area contributed by atoms with Crippen molar-refractivity contribution in [1.82, 2.24) is 15.0 Å². The van der Waals surface area contributed by atoms with E-state index in [0.29, 0.717) is 11.1 Å². The summed E-state index contributed by atoms with van der Waals surface area (Å²) in [5.41, 5.74) is 16.6. The average Bonchev–Trinajstić information content (AvgIpc) is 3.40. The summed E-state index contributed by atoms with van der Waals surface area (Å²) >= 11 is 0. The third-order valence-corrected chi connectivity index (χ3v) is 12.2. The van der Waals surface area contributed by atoms with Crippen LogP contribution in [0.1, 0.15) is 27.8 Å². The van der Waals surface area contributed by atoms with Gasteiger partial charge in [0, 0.05) is 24.2 Å². The average molecular weight is 1080 g/mol. The van der Waals surface area contributed by atoms with Crippen molar-refractivity contribution >= 4 is 0 Å². The third kappa shape index (κ3) is 11.1. The maximum absolute atomic E-state index is 13.7. The van der Waals surface area contributed by atoms with E-state index in [0.717, 1.165) is 110 Å². The molecule has 0 aliphatic heterocycles. The van der Waals surface area contributed by atoms with Crippen molar-refractivity contribution in [3.05, 3.63) is 259 Å². The van der Waals surface area contributed by atoms with Crippen LogP contribution in [0, 0.1) is 18.2 Å². The molecule has 0 unspecified atom stereocenters. The molecule has 0 atom stereocenters. The molecular formula is C62H43F3IrN3. The minimum atomic E-state index is -4.43. The van der Waals surface area contributed by atoms with E-state index in [2.05, 4.69) is 91.0 Å². The molecule has 69 heavy (non-hydrogen) atoms. The van der Waals surface area contributed by atoms with Gasteiger partial charge < -0.3 is 15.0 Å². The molecule has 0 fully saturated rings. The number of aryl methyl sites for hydroxylation is 4. The molecule has 0 radical (unpaired) electrons. The monoisotopic (exact) mass is 1080 g/mol. The number of aromatic nitrogens is 3. The van der Waals surface area contributed by atoms with Gasteiger partial charge in [-0.2, -0.15) is 13.2 Å². The number of nitrogens with zero attached hydrogens (tertiary/aromatic N) is 3. The van der Waals surface area contributed by atoms with E-state index in [1.165, 1.54) is 23.3 Å². The molecule has 0 saturated carbocycles. The van der Waals surface area contributed by atoms with Crippen LogP contribution in [-0.4, -0.2) is 15.0 Å². The van der Waals surface area contributed by atoms with Crippen LogP contribution in [0.5, 0.6) is 0 Å². The number of halogens is 3. The molecule has 336 valence electrons. The Balaban J connectivity index is 0.00000593. The summed E-state index contributed by atoms with van der Waals surface area (Å²) in [7, 11) is 0.